The summed E-state index contributed by atoms with van der Waals surface area (Å²) in [6.45, 7) is 3.57. The molecule has 2 rings (SSSR count). The van der Waals surface area contributed by atoms with Crippen LogP contribution in [0.25, 0.3) is 0 Å². The van der Waals surface area contributed by atoms with Crippen molar-refractivity contribution < 1.29 is 14.6 Å². The number of hydrogen-bond donors (Lipinski definition) is 3. The average Bonchev–Trinajstić information content (AvgIpc) is 2.50. The second-order valence-corrected chi connectivity index (χ2v) is 5.72. The second kappa shape index (κ2) is 7.43. The highest BCUT2D eigenvalue weighted by molar-refractivity contribution is 5.82. The number of aromatic hydroxyl groups is 1. The van der Waals surface area contributed by atoms with Crippen LogP contribution in [0.2, 0.25) is 0 Å². The first kappa shape index (κ1) is 15.8. The van der Waals surface area contributed by atoms with E-state index in [1.807, 2.05) is 6.92 Å². The normalized spacial score (nSPS) is 19.0. The standard InChI is InChI=1S/C16H24N2O3/c1-11(13-6-8-21-9-7-13)18-16(20)15(17)10-12-2-4-14(19)5-3-12/h2-5,11,13,15,19H,6-10,17H2,1H3,(H,18,20)/t11?,15-/m1/s1. The fourth-order valence-electron chi connectivity index (χ4n) is 2.64. The fourth-order valence-corrected chi connectivity index (χ4v) is 2.64. The summed E-state index contributed by atoms with van der Waals surface area (Å²) >= 11 is 0. The topological polar surface area (TPSA) is 84.6 Å². The van der Waals surface area contributed by atoms with Crippen molar-refractivity contribution in [3.8, 4) is 5.75 Å². The molecule has 0 saturated carbocycles. The summed E-state index contributed by atoms with van der Waals surface area (Å²) in [5.41, 5.74) is 6.90. The van der Waals surface area contributed by atoms with Crippen LogP contribution in [0.15, 0.2) is 24.3 Å². The zero-order valence-electron chi connectivity index (χ0n) is 12.4. The third-order valence-corrected chi connectivity index (χ3v) is 4.07. The predicted molar refractivity (Wildman–Crippen MR) is 80.9 cm³/mol. The smallest absolute Gasteiger partial charge is 0.237 e. The van der Waals surface area contributed by atoms with Gasteiger partial charge in [-0.15, -0.1) is 0 Å². The average molecular weight is 292 g/mol. The number of ether oxygens (including phenoxy) is 1. The van der Waals surface area contributed by atoms with E-state index in [0.717, 1.165) is 31.6 Å². The third kappa shape index (κ3) is 4.72. The number of phenols is 1. The molecule has 1 unspecified atom stereocenters. The zero-order valence-corrected chi connectivity index (χ0v) is 12.4. The molecule has 4 N–H and O–H groups in total. The quantitative estimate of drug-likeness (QED) is 0.761. The van der Waals surface area contributed by atoms with Crippen LogP contribution in [0.1, 0.15) is 25.3 Å². The van der Waals surface area contributed by atoms with Gasteiger partial charge in [-0.3, -0.25) is 4.79 Å². The molecular formula is C16H24N2O3. The molecule has 1 aliphatic rings. The Hall–Kier alpha value is -1.59. The van der Waals surface area contributed by atoms with Crippen LogP contribution < -0.4 is 11.1 Å². The Morgan fingerprint density at radius 1 is 1.38 bits per heavy atom. The van der Waals surface area contributed by atoms with Crippen LogP contribution >= 0.6 is 0 Å². The van der Waals surface area contributed by atoms with E-state index in [2.05, 4.69) is 5.32 Å². The molecule has 1 aromatic rings. The molecule has 0 aromatic heterocycles. The molecule has 21 heavy (non-hydrogen) atoms. The Kier molecular flexibility index (Phi) is 5.59. The third-order valence-electron chi connectivity index (χ3n) is 4.07. The molecule has 1 aliphatic heterocycles. The number of phenolic OH excluding ortho intramolecular Hbond substituents is 1. The van der Waals surface area contributed by atoms with Crippen molar-refractivity contribution in [2.75, 3.05) is 13.2 Å². The number of benzene rings is 1. The minimum absolute atomic E-state index is 0.118. The van der Waals surface area contributed by atoms with Gasteiger partial charge in [-0.25, -0.2) is 0 Å². The molecule has 2 atom stereocenters. The maximum absolute atomic E-state index is 12.2. The van der Waals surface area contributed by atoms with Gasteiger partial charge in [0.25, 0.3) is 0 Å². The summed E-state index contributed by atoms with van der Waals surface area (Å²) in [4.78, 5) is 12.2. The van der Waals surface area contributed by atoms with Gasteiger partial charge in [0.05, 0.1) is 6.04 Å². The summed E-state index contributed by atoms with van der Waals surface area (Å²) in [5, 5.41) is 12.3. The lowest BCUT2D eigenvalue weighted by Crippen LogP contribution is -2.48. The molecule has 1 fully saturated rings. The van der Waals surface area contributed by atoms with Crippen molar-refractivity contribution in [1.29, 1.82) is 0 Å². The van der Waals surface area contributed by atoms with E-state index in [-0.39, 0.29) is 17.7 Å². The predicted octanol–water partition coefficient (Wildman–Crippen LogP) is 1.19. The van der Waals surface area contributed by atoms with Crippen molar-refractivity contribution in [2.45, 2.75) is 38.3 Å². The highest BCUT2D eigenvalue weighted by Gasteiger charge is 2.23. The first-order valence-electron chi connectivity index (χ1n) is 7.48. The number of nitrogens with two attached hydrogens (primary N) is 1. The lowest BCUT2D eigenvalue weighted by Gasteiger charge is -2.29. The molecular weight excluding hydrogens is 268 g/mol. The molecule has 5 nitrogen and oxygen atoms in total. The largest absolute Gasteiger partial charge is 0.508 e. The minimum atomic E-state index is -0.572. The molecule has 0 radical (unpaired) electrons. The van der Waals surface area contributed by atoms with Crippen LogP contribution in [-0.2, 0) is 16.0 Å². The van der Waals surface area contributed by atoms with Crippen LogP contribution in [0.5, 0.6) is 5.75 Å². The minimum Gasteiger partial charge on any atom is -0.508 e. The van der Waals surface area contributed by atoms with Crippen molar-refractivity contribution in [1.82, 2.24) is 5.32 Å². The van der Waals surface area contributed by atoms with Crippen LogP contribution in [0.3, 0.4) is 0 Å². The summed E-state index contributed by atoms with van der Waals surface area (Å²) in [6, 6.07) is 6.31. The SMILES string of the molecule is CC(NC(=O)[C@H](N)Cc1ccc(O)cc1)C1CCOCC1. The van der Waals surface area contributed by atoms with Gasteiger partial charge in [0, 0.05) is 19.3 Å². The van der Waals surface area contributed by atoms with E-state index in [1.165, 1.54) is 0 Å². The van der Waals surface area contributed by atoms with Gasteiger partial charge in [0.2, 0.25) is 5.91 Å². The number of carbonyl (C=O) groups is 1. The first-order valence-corrected chi connectivity index (χ1v) is 7.48. The molecule has 1 saturated heterocycles. The van der Waals surface area contributed by atoms with E-state index < -0.39 is 6.04 Å². The summed E-state index contributed by atoms with van der Waals surface area (Å²) in [5.74, 6) is 0.551. The highest BCUT2D eigenvalue weighted by atomic mass is 16.5. The van der Waals surface area contributed by atoms with Gasteiger partial charge < -0.3 is 20.9 Å². The molecule has 5 heteroatoms. The number of rotatable bonds is 5. The van der Waals surface area contributed by atoms with Crippen LogP contribution in [-0.4, -0.2) is 36.3 Å². The number of amides is 1. The molecule has 0 aliphatic carbocycles. The Balaban J connectivity index is 1.82. The number of carbonyl (C=O) groups excluding carboxylic acids is 1. The highest BCUT2D eigenvalue weighted by Crippen LogP contribution is 2.18. The van der Waals surface area contributed by atoms with E-state index in [4.69, 9.17) is 10.5 Å². The van der Waals surface area contributed by atoms with Crippen molar-refractivity contribution in [3.63, 3.8) is 0 Å². The second-order valence-electron chi connectivity index (χ2n) is 5.72. The van der Waals surface area contributed by atoms with Gasteiger partial charge in [0.1, 0.15) is 5.75 Å². The lowest BCUT2D eigenvalue weighted by molar-refractivity contribution is -0.123. The summed E-state index contributed by atoms with van der Waals surface area (Å²) in [6.07, 6.45) is 2.43. The lowest BCUT2D eigenvalue weighted by atomic mass is 9.92. The van der Waals surface area contributed by atoms with E-state index >= 15 is 0 Å². The maximum atomic E-state index is 12.2. The molecule has 0 spiro atoms. The Morgan fingerprint density at radius 3 is 2.62 bits per heavy atom. The van der Waals surface area contributed by atoms with Crippen molar-refractivity contribution in [2.24, 2.45) is 11.7 Å². The van der Waals surface area contributed by atoms with E-state index in [1.54, 1.807) is 24.3 Å². The number of hydrogen-bond acceptors (Lipinski definition) is 4. The van der Waals surface area contributed by atoms with Crippen LogP contribution in [0.4, 0.5) is 0 Å². The van der Waals surface area contributed by atoms with E-state index in [0.29, 0.717) is 12.3 Å². The zero-order chi connectivity index (χ0) is 15.2. The van der Waals surface area contributed by atoms with Crippen LogP contribution in [0, 0.1) is 5.92 Å². The molecule has 116 valence electrons. The number of nitrogens with one attached hydrogen (secondary N) is 1. The molecule has 1 aromatic carbocycles. The van der Waals surface area contributed by atoms with Gasteiger partial charge in [-0.05, 0) is 49.8 Å². The Labute approximate surface area is 125 Å². The van der Waals surface area contributed by atoms with Crippen molar-refractivity contribution >= 4 is 5.91 Å². The van der Waals surface area contributed by atoms with Crippen molar-refractivity contribution in [3.05, 3.63) is 29.8 Å². The molecule has 1 amide bonds. The summed E-state index contributed by atoms with van der Waals surface area (Å²) in [7, 11) is 0. The molecule has 1 heterocycles. The van der Waals surface area contributed by atoms with Gasteiger partial charge in [-0.2, -0.15) is 0 Å². The Morgan fingerprint density at radius 2 is 2.00 bits per heavy atom. The van der Waals surface area contributed by atoms with Gasteiger partial charge >= 0.3 is 0 Å². The maximum Gasteiger partial charge on any atom is 0.237 e. The Bertz CT molecular complexity index is 455. The monoisotopic (exact) mass is 292 g/mol. The summed E-state index contributed by atoms with van der Waals surface area (Å²) < 4.78 is 5.33. The molecule has 0 bridgehead atoms. The first-order chi connectivity index (χ1) is 10.1. The van der Waals surface area contributed by atoms with Gasteiger partial charge in [-0.1, -0.05) is 12.1 Å². The van der Waals surface area contributed by atoms with E-state index in [9.17, 15) is 9.90 Å². The van der Waals surface area contributed by atoms with Gasteiger partial charge in [0.15, 0.2) is 0 Å². The fraction of sp³-hybridized carbons (Fsp3) is 0.562.